The third kappa shape index (κ3) is 1.90. The Hall–Kier alpha value is -2.64. The van der Waals surface area contributed by atoms with Gasteiger partial charge in [0.1, 0.15) is 0 Å². The first-order valence-electron chi connectivity index (χ1n) is 3.88. The molecular weight excluding hydrogens is 220 g/mol. The van der Waals surface area contributed by atoms with Gasteiger partial charge >= 0.3 is 0 Å². The summed E-state index contributed by atoms with van der Waals surface area (Å²) >= 11 is 0. The second-order valence-corrected chi connectivity index (χ2v) is 2.72. The molecule has 8 heteroatoms. The molecule has 0 aliphatic rings. The maximum absolute atomic E-state index is 10.5. The average molecular weight is 224 g/mol. The highest BCUT2D eigenvalue weighted by Gasteiger charge is 2.23. The van der Waals surface area contributed by atoms with Crippen LogP contribution in [0.15, 0.2) is 12.1 Å². The van der Waals surface area contributed by atoms with E-state index in [1.807, 2.05) is 0 Å². The van der Waals surface area contributed by atoms with Gasteiger partial charge in [0.25, 0.3) is 11.4 Å². The number of rotatable bonds is 4. The van der Waals surface area contributed by atoms with Crippen LogP contribution in [0, 0.1) is 20.2 Å². The molecule has 1 aromatic carbocycles. The molecule has 82 valence electrons. The van der Waals surface area contributed by atoms with Gasteiger partial charge in [-0.15, -0.1) is 0 Å². The lowest BCUT2D eigenvalue weighted by Crippen LogP contribution is -2.01. The van der Waals surface area contributed by atoms with Crippen molar-refractivity contribution in [3.8, 4) is 0 Å². The molecule has 0 bridgehead atoms. The largest absolute Gasteiger partial charge is 0.298 e. The summed E-state index contributed by atoms with van der Waals surface area (Å²) in [6.07, 6.45) is 0.323. The number of aldehydes is 2. The molecule has 0 aliphatic heterocycles. The van der Waals surface area contributed by atoms with Gasteiger partial charge < -0.3 is 0 Å². The highest BCUT2D eigenvalue weighted by atomic mass is 16.6. The predicted molar refractivity (Wildman–Crippen MR) is 50.5 cm³/mol. The molecular formula is C8H4N2O6. The first kappa shape index (κ1) is 11.4. The van der Waals surface area contributed by atoms with Crippen LogP contribution < -0.4 is 0 Å². The molecule has 0 aliphatic carbocycles. The minimum atomic E-state index is -0.925. The molecule has 0 fully saturated rings. The summed E-state index contributed by atoms with van der Waals surface area (Å²) in [4.78, 5) is 40.1. The van der Waals surface area contributed by atoms with Gasteiger partial charge in [-0.3, -0.25) is 29.8 Å². The number of nitro benzene ring substituents is 2. The van der Waals surface area contributed by atoms with Gasteiger partial charge in [-0.2, -0.15) is 0 Å². The zero-order valence-corrected chi connectivity index (χ0v) is 7.65. The van der Waals surface area contributed by atoms with E-state index in [4.69, 9.17) is 0 Å². The highest BCUT2D eigenvalue weighted by molar-refractivity contribution is 5.90. The van der Waals surface area contributed by atoms with Crippen LogP contribution in [0.1, 0.15) is 20.7 Å². The molecule has 0 saturated carbocycles. The quantitative estimate of drug-likeness (QED) is 0.429. The Bertz CT molecular complexity index is 454. The van der Waals surface area contributed by atoms with Crippen LogP contribution in [-0.4, -0.2) is 22.4 Å². The molecule has 1 rings (SSSR count). The topological polar surface area (TPSA) is 120 Å². The number of benzene rings is 1. The maximum Gasteiger partial charge on any atom is 0.286 e. The van der Waals surface area contributed by atoms with Crippen LogP contribution in [0.3, 0.4) is 0 Å². The standard InChI is InChI=1S/C8H4N2O6/c11-3-5-1-6(4-12)8(10(15)16)2-7(5)9(13)14/h1-4H. The van der Waals surface area contributed by atoms with Crippen molar-refractivity contribution in [3.63, 3.8) is 0 Å². The van der Waals surface area contributed by atoms with E-state index in [1.165, 1.54) is 0 Å². The fourth-order valence-electron chi connectivity index (χ4n) is 1.12. The van der Waals surface area contributed by atoms with E-state index in [2.05, 4.69) is 0 Å². The van der Waals surface area contributed by atoms with Crippen molar-refractivity contribution in [2.24, 2.45) is 0 Å². The lowest BCUT2D eigenvalue weighted by Gasteiger charge is -1.98. The Kier molecular flexibility index (Phi) is 3.04. The Morgan fingerprint density at radius 3 is 1.50 bits per heavy atom. The van der Waals surface area contributed by atoms with Crippen molar-refractivity contribution < 1.29 is 19.4 Å². The van der Waals surface area contributed by atoms with Crippen LogP contribution in [0.5, 0.6) is 0 Å². The lowest BCUT2D eigenvalue weighted by atomic mass is 10.1. The maximum atomic E-state index is 10.5. The summed E-state index contributed by atoms with van der Waals surface area (Å²) in [6, 6.07) is 1.41. The van der Waals surface area contributed by atoms with Crippen molar-refractivity contribution in [1.82, 2.24) is 0 Å². The first-order chi connectivity index (χ1) is 7.51. The van der Waals surface area contributed by atoms with E-state index in [0.29, 0.717) is 6.07 Å². The third-order valence-corrected chi connectivity index (χ3v) is 1.82. The molecule has 8 nitrogen and oxygen atoms in total. The third-order valence-electron chi connectivity index (χ3n) is 1.82. The van der Waals surface area contributed by atoms with Crippen LogP contribution in [0.4, 0.5) is 11.4 Å². The molecule has 1 aromatic rings. The van der Waals surface area contributed by atoms with Gasteiger partial charge in [-0.05, 0) is 6.07 Å². The normalized spacial score (nSPS) is 9.50. The van der Waals surface area contributed by atoms with Gasteiger partial charge in [0, 0.05) is 0 Å². The smallest absolute Gasteiger partial charge is 0.286 e. The monoisotopic (exact) mass is 224 g/mol. The number of nitrogens with zero attached hydrogens (tertiary/aromatic N) is 2. The first-order valence-corrected chi connectivity index (χ1v) is 3.88. The van der Waals surface area contributed by atoms with Crippen molar-refractivity contribution in [1.29, 1.82) is 0 Å². The molecule has 0 aromatic heterocycles. The second kappa shape index (κ2) is 4.26. The number of hydrogen-bond acceptors (Lipinski definition) is 6. The van der Waals surface area contributed by atoms with E-state index < -0.39 is 21.2 Å². The van der Waals surface area contributed by atoms with E-state index in [9.17, 15) is 29.8 Å². The summed E-state index contributed by atoms with van der Waals surface area (Å²) in [5.41, 5.74) is -2.16. The Morgan fingerprint density at radius 2 is 1.25 bits per heavy atom. The van der Waals surface area contributed by atoms with Gasteiger partial charge in [-0.1, -0.05) is 0 Å². The SMILES string of the molecule is O=Cc1cc(C=O)c([N+](=O)[O-])cc1[N+](=O)[O-]. The van der Waals surface area contributed by atoms with Crippen LogP contribution in [-0.2, 0) is 0 Å². The predicted octanol–water partition coefficient (Wildman–Crippen LogP) is 1.13. The number of carbonyl (C=O) groups is 2. The van der Waals surface area contributed by atoms with Crippen molar-refractivity contribution in [2.75, 3.05) is 0 Å². The number of nitro groups is 2. The van der Waals surface area contributed by atoms with E-state index in [1.54, 1.807) is 0 Å². The van der Waals surface area contributed by atoms with Gasteiger partial charge in [0.2, 0.25) is 0 Å². The van der Waals surface area contributed by atoms with Crippen molar-refractivity contribution in [3.05, 3.63) is 43.5 Å². The van der Waals surface area contributed by atoms with Crippen LogP contribution in [0.25, 0.3) is 0 Å². The second-order valence-electron chi connectivity index (χ2n) is 2.72. The van der Waals surface area contributed by atoms with Crippen LogP contribution in [0.2, 0.25) is 0 Å². The molecule has 0 saturated heterocycles. The number of hydrogen-bond donors (Lipinski definition) is 0. The zero-order valence-electron chi connectivity index (χ0n) is 7.65. The molecule has 0 unspecified atom stereocenters. The minimum absolute atomic E-state index is 0.162. The van der Waals surface area contributed by atoms with E-state index >= 15 is 0 Å². The zero-order chi connectivity index (χ0) is 12.3. The Balaban J connectivity index is 3.59. The Labute approximate surface area is 87.8 Å². The summed E-state index contributed by atoms with van der Waals surface area (Å²) in [5.74, 6) is 0. The van der Waals surface area contributed by atoms with Gasteiger partial charge in [0.15, 0.2) is 12.6 Å². The summed E-state index contributed by atoms with van der Waals surface area (Å²) in [6.45, 7) is 0. The molecule has 0 heterocycles. The fraction of sp³-hybridized carbons (Fsp3) is 0. The number of carbonyl (C=O) groups excluding carboxylic acids is 2. The summed E-state index contributed by atoms with van der Waals surface area (Å²) in [7, 11) is 0. The van der Waals surface area contributed by atoms with Gasteiger partial charge in [-0.25, -0.2) is 0 Å². The average Bonchev–Trinajstić information content (AvgIpc) is 2.26. The van der Waals surface area contributed by atoms with Gasteiger partial charge in [0.05, 0.1) is 27.0 Å². The van der Waals surface area contributed by atoms with Crippen molar-refractivity contribution >= 4 is 23.9 Å². The molecule has 0 atom stereocenters. The lowest BCUT2D eigenvalue weighted by molar-refractivity contribution is -0.394. The minimum Gasteiger partial charge on any atom is -0.298 e. The van der Waals surface area contributed by atoms with Crippen LogP contribution >= 0.6 is 0 Å². The van der Waals surface area contributed by atoms with Crippen molar-refractivity contribution in [2.45, 2.75) is 0 Å². The highest BCUT2D eigenvalue weighted by Crippen LogP contribution is 2.26. The molecule has 0 N–H and O–H groups in total. The van der Waals surface area contributed by atoms with E-state index in [-0.39, 0.29) is 23.7 Å². The molecule has 16 heavy (non-hydrogen) atoms. The van der Waals surface area contributed by atoms with E-state index in [0.717, 1.165) is 6.07 Å². The summed E-state index contributed by atoms with van der Waals surface area (Å²) in [5, 5.41) is 21.0. The molecule has 0 radical (unpaired) electrons. The summed E-state index contributed by atoms with van der Waals surface area (Å²) < 4.78 is 0. The molecule has 0 spiro atoms. The molecule has 0 amide bonds. The Morgan fingerprint density at radius 1 is 0.875 bits per heavy atom. The fourth-order valence-corrected chi connectivity index (χ4v) is 1.12.